The first-order valence-corrected chi connectivity index (χ1v) is 11.6. The second-order valence-corrected chi connectivity index (χ2v) is 10.6. The largest absolute Gasteiger partial charge is 0.0651 e. The van der Waals surface area contributed by atoms with Gasteiger partial charge in [-0.25, -0.2) is 0 Å². The van der Waals surface area contributed by atoms with E-state index in [1.807, 2.05) is 5.57 Å². The molecule has 0 bridgehead atoms. The van der Waals surface area contributed by atoms with Gasteiger partial charge in [0, 0.05) is 5.92 Å². The minimum Gasteiger partial charge on any atom is -0.0651 e. The highest BCUT2D eigenvalue weighted by atomic mass is 14.6. The van der Waals surface area contributed by atoms with Crippen LogP contribution in [-0.2, 0) is 0 Å². The molecule has 0 N–H and O–H groups in total. The van der Waals surface area contributed by atoms with Crippen LogP contribution >= 0.6 is 0 Å². The van der Waals surface area contributed by atoms with Crippen LogP contribution in [-0.4, -0.2) is 0 Å². The van der Waals surface area contributed by atoms with Gasteiger partial charge in [-0.1, -0.05) is 46.6 Å². The van der Waals surface area contributed by atoms with E-state index < -0.39 is 0 Å². The monoisotopic (exact) mass is 338 g/mol. The number of allylic oxidation sites excluding steroid dienone is 4. The zero-order valence-corrected chi connectivity index (χ0v) is 16.9. The summed E-state index contributed by atoms with van der Waals surface area (Å²) in [7, 11) is 0. The van der Waals surface area contributed by atoms with Crippen molar-refractivity contribution in [2.45, 2.75) is 79.1 Å². The van der Waals surface area contributed by atoms with Crippen molar-refractivity contribution in [3.05, 3.63) is 22.8 Å². The molecule has 0 spiro atoms. The molecule has 9 unspecified atom stereocenters. The smallest absolute Gasteiger partial charge is 0.0126 e. The molecule has 0 radical (unpaired) electrons. The van der Waals surface area contributed by atoms with Gasteiger partial charge in [0.1, 0.15) is 0 Å². The molecule has 5 aliphatic carbocycles. The SMILES string of the molecule is CCC1CC2=CC3=C2C3C(CC)CCC2CC2C2C(C)C2CC(C)C1. The van der Waals surface area contributed by atoms with E-state index in [0.717, 1.165) is 53.3 Å². The molecule has 25 heavy (non-hydrogen) atoms. The Morgan fingerprint density at radius 3 is 2.56 bits per heavy atom. The maximum atomic E-state index is 2.60. The van der Waals surface area contributed by atoms with Gasteiger partial charge in [-0.3, -0.25) is 0 Å². The molecule has 0 aliphatic heterocycles. The average molecular weight is 339 g/mol. The van der Waals surface area contributed by atoms with Crippen LogP contribution in [0.3, 0.4) is 0 Å². The lowest BCUT2D eigenvalue weighted by molar-refractivity contribution is 0.341. The van der Waals surface area contributed by atoms with Gasteiger partial charge in [0.25, 0.3) is 0 Å². The fourth-order valence-electron chi connectivity index (χ4n) is 7.26. The van der Waals surface area contributed by atoms with Crippen LogP contribution in [0.5, 0.6) is 0 Å². The zero-order chi connectivity index (χ0) is 17.3. The summed E-state index contributed by atoms with van der Waals surface area (Å²) in [6.45, 7) is 9.99. The predicted octanol–water partition coefficient (Wildman–Crippen LogP) is 7.02. The predicted molar refractivity (Wildman–Crippen MR) is 106 cm³/mol. The summed E-state index contributed by atoms with van der Waals surface area (Å²) in [6.07, 6.45) is 14.4. The van der Waals surface area contributed by atoms with Gasteiger partial charge >= 0.3 is 0 Å². The Kier molecular flexibility index (Phi) is 3.99. The van der Waals surface area contributed by atoms with Gasteiger partial charge < -0.3 is 0 Å². The molecule has 0 amide bonds. The summed E-state index contributed by atoms with van der Waals surface area (Å²) in [5.74, 6) is 9.23. The van der Waals surface area contributed by atoms with Crippen LogP contribution in [0.4, 0.5) is 0 Å². The molecule has 0 heterocycles. The van der Waals surface area contributed by atoms with Crippen molar-refractivity contribution >= 4 is 0 Å². The van der Waals surface area contributed by atoms with E-state index >= 15 is 0 Å². The second kappa shape index (κ2) is 6.00. The summed E-state index contributed by atoms with van der Waals surface area (Å²) in [5.41, 5.74) is 5.39. The second-order valence-electron chi connectivity index (χ2n) is 10.6. The standard InChI is InChI=1S/C25H38/c1-5-16-9-14(3)10-20-15(4)23(20)21-12-18(21)8-7-17(6-2)24-22-13-19(11-16)25(22)24/h13-18,20-21,23-24H,5-12H2,1-4H3. The van der Waals surface area contributed by atoms with Crippen molar-refractivity contribution in [2.75, 3.05) is 0 Å². The molecule has 5 aliphatic rings. The number of fused-ring (bicyclic) bond motifs is 4. The molecule has 0 saturated heterocycles. The first-order valence-electron chi connectivity index (χ1n) is 11.6. The molecule has 3 saturated carbocycles. The van der Waals surface area contributed by atoms with Crippen molar-refractivity contribution in [2.24, 2.45) is 53.3 Å². The van der Waals surface area contributed by atoms with Crippen molar-refractivity contribution in [1.29, 1.82) is 0 Å². The summed E-state index contributed by atoms with van der Waals surface area (Å²) in [4.78, 5) is 0. The summed E-state index contributed by atoms with van der Waals surface area (Å²) < 4.78 is 0. The minimum atomic E-state index is 0.907. The maximum Gasteiger partial charge on any atom is 0.0126 e. The Labute approximate surface area is 155 Å². The van der Waals surface area contributed by atoms with Gasteiger partial charge in [0.2, 0.25) is 0 Å². The fourth-order valence-corrected chi connectivity index (χ4v) is 7.26. The minimum absolute atomic E-state index is 0.907. The van der Waals surface area contributed by atoms with Crippen LogP contribution in [0.15, 0.2) is 22.8 Å². The Morgan fingerprint density at radius 2 is 1.80 bits per heavy atom. The Bertz CT molecular complexity index is 608. The van der Waals surface area contributed by atoms with Crippen LogP contribution < -0.4 is 0 Å². The van der Waals surface area contributed by atoms with E-state index in [9.17, 15) is 0 Å². The third kappa shape index (κ3) is 2.78. The summed E-state index contributed by atoms with van der Waals surface area (Å²) in [6, 6.07) is 0. The average Bonchev–Trinajstić information content (AvgIpc) is 3.50. The molecule has 0 aromatic rings. The molecule has 138 valence electrons. The van der Waals surface area contributed by atoms with Gasteiger partial charge in [-0.05, 0) is 103 Å². The molecule has 5 rings (SSSR count). The molecule has 0 aromatic heterocycles. The molecule has 0 heteroatoms. The maximum absolute atomic E-state index is 2.60. The molecular weight excluding hydrogens is 300 g/mol. The third-order valence-corrected chi connectivity index (χ3v) is 9.06. The van der Waals surface area contributed by atoms with Crippen molar-refractivity contribution in [3.8, 4) is 0 Å². The lowest BCUT2D eigenvalue weighted by Gasteiger charge is -2.22. The third-order valence-electron chi connectivity index (χ3n) is 9.06. The van der Waals surface area contributed by atoms with Gasteiger partial charge in [-0.2, -0.15) is 0 Å². The molecular formula is C25H38. The van der Waals surface area contributed by atoms with Gasteiger partial charge in [-0.15, -0.1) is 0 Å². The van der Waals surface area contributed by atoms with E-state index in [1.54, 1.807) is 24.0 Å². The first-order chi connectivity index (χ1) is 12.1. The number of hydrogen-bond donors (Lipinski definition) is 0. The summed E-state index contributed by atoms with van der Waals surface area (Å²) >= 11 is 0. The van der Waals surface area contributed by atoms with Crippen molar-refractivity contribution < 1.29 is 0 Å². The van der Waals surface area contributed by atoms with E-state index in [0.29, 0.717) is 0 Å². The molecule has 3 fully saturated rings. The van der Waals surface area contributed by atoms with Gasteiger partial charge in [0.05, 0.1) is 0 Å². The number of rotatable bonds is 2. The highest BCUT2D eigenvalue weighted by Crippen LogP contribution is 2.66. The highest BCUT2D eigenvalue weighted by molar-refractivity contribution is 5.70. The fraction of sp³-hybridized carbons (Fsp3) is 0.840. The Hall–Kier alpha value is -0.520. The van der Waals surface area contributed by atoms with Crippen molar-refractivity contribution in [3.63, 3.8) is 0 Å². The zero-order valence-electron chi connectivity index (χ0n) is 16.9. The molecule has 0 aromatic carbocycles. The quantitative estimate of drug-likeness (QED) is 0.507. The summed E-state index contributed by atoms with van der Waals surface area (Å²) in [5, 5.41) is 0. The van der Waals surface area contributed by atoms with Crippen LogP contribution in [0.25, 0.3) is 0 Å². The van der Waals surface area contributed by atoms with Crippen LogP contribution in [0.1, 0.15) is 79.1 Å². The Balaban J connectivity index is 1.30. The van der Waals surface area contributed by atoms with E-state index in [2.05, 4.69) is 33.8 Å². The van der Waals surface area contributed by atoms with Gasteiger partial charge in [0.15, 0.2) is 0 Å². The van der Waals surface area contributed by atoms with E-state index in [4.69, 9.17) is 0 Å². The van der Waals surface area contributed by atoms with Crippen LogP contribution in [0, 0.1) is 53.3 Å². The molecule has 0 nitrogen and oxygen atoms in total. The Morgan fingerprint density at radius 1 is 0.960 bits per heavy atom. The lowest BCUT2D eigenvalue weighted by Crippen LogP contribution is -2.09. The normalized spacial score (nSPS) is 51.0. The van der Waals surface area contributed by atoms with Crippen molar-refractivity contribution in [1.82, 2.24) is 0 Å². The van der Waals surface area contributed by atoms with E-state index in [1.165, 1.54) is 38.5 Å². The molecule has 9 atom stereocenters. The van der Waals surface area contributed by atoms with Crippen LogP contribution in [0.2, 0.25) is 0 Å². The van der Waals surface area contributed by atoms with E-state index in [-0.39, 0.29) is 0 Å². The topological polar surface area (TPSA) is 0 Å². The first kappa shape index (κ1) is 16.6. The lowest BCUT2D eigenvalue weighted by atomic mass is 9.84. The highest BCUT2D eigenvalue weighted by Gasteiger charge is 2.58. The number of hydrogen-bond acceptors (Lipinski definition) is 0.